The summed E-state index contributed by atoms with van der Waals surface area (Å²) in [6, 6.07) is -0.841. The molecule has 0 spiro atoms. The van der Waals surface area contributed by atoms with Gasteiger partial charge in [0.2, 0.25) is 5.91 Å². The number of rotatable bonds is 26. The number of aliphatic hydroxyl groups is 5. The van der Waals surface area contributed by atoms with Crippen LogP contribution in [-0.2, 0) is 14.3 Å². The van der Waals surface area contributed by atoms with E-state index in [0.717, 1.165) is 44.9 Å². The lowest BCUT2D eigenvalue weighted by atomic mass is 9.99. The van der Waals surface area contributed by atoms with Gasteiger partial charge in [-0.25, -0.2) is 0 Å². The van der Waals surface area contributed by atoms with Crippen LogP contribution in [0.5, 0.6) is 0 Å². The van der Waals surface area contributed by atoms with E-state index in [4.69, 9.17) is 9.47 Å². The van der Waals surface area contributed by atoms with Gasteiger partial charge in [-0.15, -0.1) is 0 Å². The molecule has 1 saturated heterocycles. The lowest BCUT2D eigenvalue weighted by Crippen LogP contribution is -2.60. The van der Waals surface area contributed by atoms with Gasteiger partial charge in [-0.05, 0) is 44.9 Å². The van der Waals surface area contributed by atoms with Gasteiger partial charge in [-0.1, -0.05) is 120 Å². The van der Waals surface area contributed by atoms with E-state index in [1.165, 1.54) is 38.5 Å². The lowest BCUT2D eigenvalue weighted by Gasteiger charge is -2.40. The third-order valence-corrected chi connectivity index (χ3v) is 7.86. The van der Waals surface area contributed by atoms with Crippen LogP contribution in [0.1, 0.15) is 110 Å². The van der Waals surface area contributed by atoms with Crippen molar-refractivity contribution in [3.8, 4) is 0 Å². The molecule has 1 amide bonds. The summed E-state index contributed by atoms with van der Waals surface area (Å²) in [6.07, 6.45) is 27.1. The molecule has 9 nitrogen and oxygen atoms in total. The summed E-state index contributed by atoms with van der Waals surface area (Å²) in [7, 11) is 0. The van der Waals surface area contributed by atoms with Crippen LogP contribution in [0.2, 0.25) is 0 Å². The van der Waals surface area contributed by atoms with Crippen molar-refractivity contribution in [2.45, 2.75) is 153 Å². The van der Waals surface area contributed by atoms with Crippen molar-refractivity contribution in [1.82, 2.24) is 5.32 Å². The number of allylic oxidation sites excluding steroid dienone is 9. The Morgan fingerprint density at radius 2 is 1.35 bits per heavy atom. The summed E-state index contributed by atoms with van der Waals surface area (Å²) in [5, 5.41) is 53.6. The van der Waals surface area contributed by atoms with Gasteiger partial charge in [-0.3, -0.25) is 4.79 Å². The zero-order valence-electron chi connectivity index (χ0n) is 28.3. The Labute approximate surface area is 277 Å². The highest BCUT2D eigenvalue weighted by atomic mass is 16.7. The summed E-state index contributed by atoms with van der Waals surface area (Å²) in [4.78, 5) is 12.8. The van der Waals surface area contributed by atoms with Crippen molar-refractivity contribution in [2.24, 2.45) is 0 Å². The van der Waals surface area contributed by atoms with Crippen LogP contribution in [0.3, 0.4) is 0 Å². The number of hydrogen-bond acceptors (Lipinski definition) is 8. The molecule has 9 heteroatoms. The Morgan fingerprint density at radius 1 is 0.761 bits per heavy atom. The highest BCUT2D eigenvalue weighted by Gasteiger charge is 2.44. The monoisotopic (exact) mass is 649 g/mol. The van der Waals surface area contributed by atoms with E-state index >= 15 is 0 Å². The fourth-order valence-electron chi connectivity index (χ4n) is 4.99. The topological polar surface area (TPSA) is 149 Å². The third kappa shape index (κ3) is 19.5. The second-order valence-electron chi connectivity index (χ2n) is 11.9. The summed E-state index contributed by atoms with van der Waals surface area (Å²) in [5.74, 6) is -0.264. The van der Waals surface area contributed by atoms with Gasteiger partial charge in [0.1, 0.15) is 24.4 Å². The van der Waals surface area contributed by atoms with Crippen molar-refractivity contribution in [3.05, 3.63) is 60.8 Å². The molecule has 0 bridgehead atoms. The number of aliphatic hydroxyl groups excluding tert-OH is 5. The molecular weight excluding hydrogens is 586 g/mol. The van der Waals surface area contributed by atoms with E-state index in [0.29, 0.717) is 6.42 Å². The number of carbonyl (C=O) groups excluding carboxylic acids is 1. The van der Waals surface area contributed by atoms with E-state index in [9.17, 15) is 30.3 Å². The largest absolute Gasteiger partial charge is 0.394 e. The minimum absolute atomic E-state index is 0.221. The second kappa shape index (κ2) is 28.0. The molecule has 1 fully saturated rings. The Kier molecular flexibility index (Phi) is 25.5. The summed E-state index contributed by atoms with van der Waals surface area (Å²) in [5.41, 5.74) is 0. The van der Waals surface area contributed by atoms with Crippen LogP contribution in [0, 0.1) is 0 Å². The molecule has 6 N–H and O–H groups in total. The molecule has 1 aliphatic rings. The Morgan fingerprint density at radius 3 is 1.96 bits per heavy atom. The summed E-state index contributed by atoms with van der Waals surface area (Å²) >= 11 is 0. The molecule has 1 aliphatic heterocycles. The SMILES string of the molecule is CC/C=C\C/C=C\C/C=C\C/C=C\CCC(=O)NC(COC1OC(CO)C(O)C(O)C1O)C(O)/C=C/CCCCCCCCCC. The van der Waals surface area contributed by atoms with Crippen molar-refractivity contribution in [2.75, 3.05) is 13.2 Å². The molecular formula is C37H63NO8. The maximum absolute atomic E-state index is 12.8. The van der Waals surface area contributed by atoms with Crippen LogP contribution in [0.25, 0.3) is 0 Å². The van der Waals surface area contributed by atoms with Gasteiger partial charge in [0.15, 0.2) is 6.29 Å². The Hall–Kier alpha value is -2.11. The minimum Gasteiger partial charge on any atom is -0.394 e. The highest BCUT2D eigenvalue weighted by Crippen LogP contribution is 2.22. The molecule has 7 atom stereocenters. The van der Waals surface area contributed by atoms with Crippen LogP contribution < -0.4 is 5.32 Å². The van der Waals surface area contributed by atoms with Gasteiger partial charge in [0.05, 0.1) is 25.4 Å². The van der Waals surface area contributed by atoms with E-state index < -0.39 is 49.5 Å². The first-order valence-corrected chi connectivity index (χ1v) is 17.5. The van der Waals surface area contributed by atoms with E-state index in [-0.39, 0.29) is 18.9 Å². The van der Waals surface area contributed by atoms with E-state index in [1.54, 1.807) is 6.08 Å². The number of carbonyl (C=O) groups is 1. The van der Waals surface area contributed by atoms with Crippen LogP contribution in [0.4, 0.5) is 0 Å². The number of nitrogens with one attached hydrogen (secondary N) is 1. The zero-order chi connectivity index (χ0) is 33.8. The van der Waals surface area contributed by atoms with Crippen LogP contribution in [-0.4, -0.2) is 87.5 Å². The van der Waals surface area contributed by atoms with Gasteiger partial charge in [-0.2, -0.15) is 0 Å². The highest BCUT2D eigenvalue weighted by molar-refractivity contribution is 5.76. The molecule has 1 heterocycles. The first-order valence-electron chi connectivity index (χ1n) is 17.5. The molecule has 0 aliphatic carbocycles. The number of ether oxygens (including phenoxy) is 2. The molecule has 0 aromatic heterocycles. The molecule has 46 heavy (non-hydrogen) atoms. The van der Waals surface area contributed by atoms with Gasteiger partial charge in [0.25, 0.3) is 0 Å². The fraction of sp³-hybridized carbons (Fsp3) is 0.703. The molecule has 0 aromatic carbocycles. The Balaban J connectivity index is 2.58. The standard InChI is InChI=1S/C37H63NO8/c1-3-5-7-9-11-13-15-16-17-19-21-23-25-27-33(41)38-30(29-45-37-36(44)35(43)34(42)32(28-39)46-37)31(40)26-24-22-20-18-14-12-10-8-6-4-2/h5,7,11,13,16-17,21,23-24,26,30-32,34-37,39-40,42-44H,3-4,6,8-10,12,14-15,18-20,22,25,27-29H2,1-2H3,(H,38,41)/b7-5-,13-11-,17-16-,23-21-,26-24+. The van der Waals surface area contributed by atoms with Crippen molar-refractivity contribution in [3.63, 3.8) is 0 Å². The van der Waals surface area contributed by atoms with Crippen molar-refractivity contribution in [1.29, 1.82) is 0 Å². The molecule has 7 unspecified atom stereocenters. The molecule has 0 radical (unpaired) electrons. The molecule has 264 valence electrons. The average Bonchev–Trinajstić information content (AvgIpc) is 3.05. The van der Waals surface area contributed by atoms with Crippen LogP contribution in [0.15, 0.2) is 60.8 Å². The normalized spacial score (nSPS) is 23.8. The first kappa shape index (κ1) is 41.9. The van der Waals surface area contributed by atoms with Gasteiger partial charge >= 0.3 is 0 Å². The molecule has 1 rings (SSSR count). The third-order valence-electron chi connectivity index (χ3n) is 7.86. The van der Waals surface area contributed by atoms with E-state index in [1.807, 2.05) is 18.2 Å². The van der Waals surface area contributed by atoms with Crippen LogP contribution >= 0.6 is 0 Å². The quantitative estimate of drug-likeness (QED) is 0.0545. The average molecular weight is 650 g/mol. The number of unbranched alkanes of at least 4 members (excludes halogenated alkanes) is 8. The predicted molar refractivity (Wildman–Crippen MR) is 184 cm³/mol. The zero-order valence-corrected chi connectivity index (χ0v) is 28.3. The summed E-state index contributed by atoms with van der Waals surface area (Å²) < 4.78 is 11.1. The minimum atomic E-state index is -1.58. The van der Waals surface area contributed by atoms with E-state index in [2.05, 4.69) is 55.6 Å². The van der Waals surface area contributed by atoms with Gasteiger partial charge in [0, 0.05) is 6.42 Å². The predicted octanol–water partition coefficient (Wildman–Crippen LogP) is 5.32. The molecule has 0 aromatic rings. The number of hydrogen-bond donors (Lipinski definition) is 6. The smallest absolute Gasteiger partial charge is 0.220 e. The maximum Gasteiger partial charge on any atom is 0.220 e. The summed E-state index contributed by atoms with van der Waals surface area (Å²) in [6.45, 7) is 3.54. The van der Waals surface area contributed by atoms with Crippen molar-refractivity contribution < 1.29 is 39.8 Å². The first-order chi connectivity index (χ1) is 22.3. The Bertz CT molecular complexity index is 900. The maximum atomic E-state index is 12.8. The lowest BCUT2D eigenvalue weighted by molar-refractivity contribution is -0.302. The van der Waals surface area contributed by atoms with Crippen molar-refractivity contribution >= 4 is 5.91 Å². The molecule has 0 saturated carbocycles. The second-order valence-corrected chi connectivity index (χ2v) is 11.9. The number of amides is 1. The van der Waals surface area contributed by atoms with Gasteiger partial charge < -0.3 is 40.3 Å². The fourth-order valence-corrected chi connectivity index (χ4v) is 4.99.